The quantitative estimate of drug-likeness (QED) is 0.156. The lowest BCUT2D eigenvalue weighted by molar-refractivity contribution is 0.669. The van der Waals surface area contributed by atoms with Crippen molar-refractivity contribution in [2.24, 2.45) is 0 Å². The van der Waals surface area contributed by atoms with Crippen LogP contribution in [0.4, 0.5) is 0 Å². The number of pyridine rings is 2. The lowest BCUT2D eigenvalue weighted by Gasteiger charge is -2.32. The first-order valence-corrected chi connectivity index (χ1v) is 25.4. The van der Waals surface area contributed by atoms with Crippen molar-refractivity contribution in [1.29, 1.82) is 0 Å². The van der Waals surface area contributed by atoms with Crippen molar-refractivity contribution in [2.75, 3.05) is 0 Å². The van der Waals surface area contributed by atoms with Crippen LogP contribution in [0.15, 0.2) is 215 Å². The number of furan rings is 2. The number of nitrogens with zero attached hydrogens (tertiary/aromatic N) is 2. The van der Waals surface area contributed by atoms with E-state index < -0.39 is 8.07 Å². The van der Waals surface area contributed by atoms with Gasteiger partial charge in [0.1, 0.15) is 16.7 Å². The van der Waals surface area contributed by atoms with Gasteiger partial charge in [-0.2, -0.15) is 0 Å². The summed E-state index contributed by atoms with van der Waals surface area (Å²) in [5.41, 5.74) is 8.04. The van der Waals surface area contributed by atoms with E-state index in [4.69, 9.17) is 18.8 Å². The fourth-order valence-corrected chi connectivity index (χ4v) is 17.9. The van der Waals surface area contributed by atoms with Crippen molar-refractivity contribution < 1.29 is 8.83 Å². The van der Waals surface area contributed by atoms with Crippen molar-refractivity contribution >= 4 is 136 Å². The van der Waals surface area contributed by atoms with Crippen LogP contribution in [0.25, 0.3) is 106 Å². The van der Waals surface area contributed by atoms with E-state index in [0.29, 0.717) is 0 Å². The molecule has 65 heavy (non-hydrogen) atoms. The van der Waals surface area contributed by atoms with Gasteiger partial charge in [0.2, 0.25) is 8.07 Å². The average molecular weight is 883 g/mol. The van der Waals surface area contributed by atoms with Gasteiger partial charge in [0, 0.05) is 75.1 Å². The van der Waals surface area contributed by atoms with Crippen LogP contribution in [0.1, 0.15) is 0 Å². The molecule has 0 fully saturated rings. The Labute approximate surface area is 381 Å². The third-order valence-corrected chi connectivity index (χ3v) is 20.5. The maximum atomic E-state index is 7.11. The van der Waals surface area contributed by atoms with E-state index in [2.05, 4.69) is 182 Å². The number of thiophene rings is 2. The molecule has 0 saturated carbocycles. The lowest BCUT2D eigenvalue weighted by Crippen LogP contribution is -2.76. The predicted octanol–water partition coefficient (Wildman–Crippen LogP) is 13.7. The standard InChI is InChI=1S/C58H34N2O2S2Si/c1-3-13-37(14-4-1)65(38-15-5-2-6-16-38,57-54-44(29-31-59-57)47-33-36(25-27-50(47)62-54)40-20-12-22-45-42-18-8-10-24-51(42)63-55(40)45)58-56-46(30-32-60-58)48-34-35(26-28-52(48)64-56)39-19-11-21-43-41-17-7-9-23-49(41)61-53(39)43/h1-34H. The molecule has 14 aromatic rings. The molecule has 0 radical (unpaired) electrons. The van der Waals surface area contributed by atoms with Crippen LogP contribution >= 0.6 is 22.7 Å². The van der Waals surface area contributed by atoms with Crippen LogP contribution in [0, 0.1) is 0 Å². The molecule has 0 atom stereocenters. The highest BCUT2D eigenvalue weighted by molar-refractivity contribution is 7.30. The Bertz CT molecular complexity index is 3930. The molecular weight excluding hydrogens is 849 g/mol. The number of hydrogen-bond acceptors (Lipinski definition) is 6. The number of hydrogen-bond donors (Lipinski definition) is 0. The molecule has 304 valence electrons. The minimum atomic E-state index is -3.34. The van der Waals surface area contributed by atoms with Crippen molar-refractivity contribution in [3.8, 4) is 22.3 Å². The molecule has 6 aromatic heterocycles. The van der Waals surface area contributed by atoms with Crippen molar-refractivity contribution in [3.05, 3.63) is 207 Å². The summed E-state index contributed by atoms with van der Waals surface area (Å²) in [6.45, 7) is 0. The van der Waals surface area contributed by atoms with Crippen LogP contribution in [0.5, 0.6) is 0 Å². The number of fused-ring (bicyclic) bond motifs is 12. The van der Waals surface area contributed by atoms with Gasteiger partial charge < -0.3 is 8.83 Å². The number of rotatable bonds is 6. The summed E-state index contributed by atoms with van der Waals surface area (Å²) < 4.78 is 18.6. The minimum Gasteiger partial charge on any atom is -0.455 e. The van der Waals surface area contributed by atoms with Crippen LogP contribution in [-0.4, -0.2) is 18.0 Å². The predicted molar refractivity (Wildman–Crippen MR) is 277 cm³/mol. The van der Waals surface area contributed by atoms with Crippen molar-refractivity contribution in [1.82, 2.24) is 9.97 Å². The minimum absolute atomic E-state index is 0.806. The first-order valence-electron chi connectivity index (χ1n) is 21.8. The van der Waals surface area contributed by atoms with E-state index in [9.17, 15) is 0 Å². The van der Waals surface area contributed by atoms with Crippen LogP contribution < -0.4 is 21.0 Å². The highest BCUT2D eigenvalue weighted by atomic mass is 32.1. The Balaban J connectivity index is 1.02. The molecule has 0 unspecified atom stereocenters. The van der Waals surface area contributed by atoms with Crippen LogP contribution in [0.3, 0.4) is 0 Å². The Morgan fingerprint density at radius 2 is 0.908 bits per heavy atom. The van der Waals surface area contributed by atoms with Gasteiger partial charge in [-0.3, -0.25) is 9.97 Å². The number of para-hydroxylation sites is 2. The molecule has 6 heterocycles. The second kappa shape index (κ2) is 14.2. The molecule has 7 heteroatoms. The molecule has 0 N–H and O–H groups in total. The molecule has 0 aliphatic rings. The lowest BCUT2D eigenvalue weighted by atomic mass is 10.0. The number of aromatic nitrogens is 2. The molecule has 0 bridgehead atoms. The van der Waals surface area contributed by atoms with E-state index >= 15 is 0 Å². The summed E-state index contributed by atoms with van der Waals surface area (Å²) >= 11 is 3.67. The Kier molecular flexibility index (Phi) is 8.01. The van der Waals surface area contributed by atoms with Gasteiger partial charge in [-0.1, -0.05) is 146 Å². The van der Waals surface area contributed by atoms with Gasteiger partial charge in [0.05, 0.1) is 15.3 Å². The summed E-state index contributed by atoms with van der Waals surface area (Å²) in [5, 5.41) is 13.7. The summed E-state index contributed by atoms with van der Waals surface area (Å²) in [7, 11) is -3.34. The van der Waals surface area contributed by atoms with Gasteiger partial charge in [-0.15, -0.1) is 22.7 Å². The van der Waals surface area contributed by atoms with E-state index in [0.717, 1.165) is 75.9 Å². The van der Waals surface area contributed by atoms with Crippen LogP contribution in [0.2, 0.25) is 0 Å². The summed E-state index contributed by atoms with van der Waals surface area (Å²) in [4.78, 5) is 10.9. The number of benzene rings is 8. The average Bonchev–Trinajstić information content (AvgIpc) is 4.15. The molecule has 4 nitrogen and oxygen atoms in total. The zero-order valence-corrected chi connectivity index (χ0v) is 37.3. The first kappa shape index (κ1) is 36.8. The molecule has 0 aliphatic carbocycles. The fourth-order valence-electron chi connectivity index (χ4n) is 10.4. The Hall–Kier alpha value is -7.68. The van der Waals surface area contributed by atoms with Gasteiger partial charge in [0.15, 0.2) is 5.58 Å². The van der Waals surface area contributed by atoms with Crippen LogP contribution in [-0.2, 0) is 0 Å². The summed E-state index contributed by atoms with van der Waals surface area (Å²) in [6.07, 6.45) is 3.99. The Morgan fingerprint density at radius 3 is 1.74 bits per heavy atom. The second-order valence-corrected chi connectivity index (χ2v) is 22.4. The van der Waals surface area contributed by atoms with Crippen molar-refractivity contribution in [3.63, 3.8) is 0 Å². The summed E-state index contributed by atoms with van der Waals surface area (Å²) in [5.74, 6) is 0. The van der Waals surface area contributed by atoms with Crippen molar-refractivity contribution in [2.45, 2.75) is 0 Å². The zero-order valence-electron chi connectivity index (χ0n) is 34.7. The molecule has 0 spiro atoms. The maximum absolute atomic E-state index is 7.11. The first-order chi connectivity index (χ1) is 32.2. The SMILES string of the molecule is c1ccc([Si](c2ccccc2)(c2nccc3c2oc2ccc(-c4cccc5c4sc4ccccc45)cc23)c2nccc3c2sc2ccc(-c4cccc5c4oc4ccccc45)cc23)cc1. The zero-order chi connectivity index (χ0) is 42.6. The van der Waals surface area contributed by atoms with Gasteiger partial charge >= 0.3 is 0 Å². The van der Waals surface area contributed by atoms with E-state index in [-0.39, 0.29) is 0 Å². The molecule has 14 rings (SSSR count). The third-order valence-electron chi connectivity index (χ3n) is 13.3. The third kappa shape index (κ3) is 5.34. The van der Waals surface area contributed by atoms with E-state index in [1.165, 1.54) is 51.6 Å². The maximum Gasteiger partial charge on any atom is 0.230 e. The summed E-state index contributed by atoms with van der Waals surface area (Å²) in [6, 6.07) is 69.8. The second-order valence-electron chi connectivity index (χ2n) is 16.7. The monoisotopic (exact) mass is 882 g/mol. The van der Waals surface area contributed by atoms with Gasteiger partial charge in [0.25, 0.3) is 0 Å². The van der Waals surface area contributed by atoms with E-state index in [1.807, 2.05) is 47.2 Å². The molecule has 0 saturated heterocycles. The van der Waals surface area contributed by atoms with E-state index in [1.54, 1.807) is 0 Å². The van der Waals surface area contributed by atoms with Gasteiger partial charge in [-0.25, -0.2) is 0 Å². The fraction of sp³-hybridized carbons (Fsp3) is 0. The smallest absolute Gasteiger partial charge is 0.230 e. The molecular formula is C58H34N2O2S2Si. The molecule has 0 amide bonds. The topological polar surface area (TPSA) is 52.1 Å². The Morgan fingerprint density at radius 1 is 0.354 bits per heavy atom. The largest absolute Gasteiger partial charge is 0.455 e. The highest BCUT2D eigenvalue weighted by Crippen LogP contribution is 2.43. The van der Waals surface area contributed by atoms with Gasteiger partial charge in [-0.05, 0) is 75.6 Å². The normalized spacial score (nSPS) is 12.3. The molecule has 8 aromatic carbocycles. The highest BCUT2D eigenvalue weighted by Gasteiger charge is 2.48. The molecule has 0 aliphatic heterocycles.